The minimum absolute atomic E-state index is 0.0890. The lowest BCUT2D eigenvalue weighted by atomic mass is 10.0. The van der Waals surface area contributed by atoms with Crippen LogP contribution in [0.3, 0.4) is 0 Å². The molecule has 1 aromatic heterocycles. The molecule has 3 heterocycles. The Labute approximate surface area is 126 Å². The highest BCUT2D eigenvalue weighted by molar-refractivity contribution is 6.06. The molecule has 4 rings (SSSR count). The van der Waals surface area contributed by atoms with Crippen LogP contribution in [0, 0.1) is 0 Å². The van der Waals surface area contributed by atoms with Crippen LogP contribution in [0.1, 0.15) is 29.4 Å². The molecule has 1 aromatic carbocycles. The molecule has 0 amide bonds. The number of nitrogens with zero attached hydrogens (tertiary/aromatic N) is 1. The summed E-state index contributed by atoms with van der Waals surface area (Å²) in [6.07, 6.45) is 1.55. The molecule has 6 heteroatoms. The maximum absolute atomic E-state index is 12.7. The topological polar surface area (TPSA) is 66.8 Å². The Kier molecular flexibility index (Phi) is 2.85. The number of aromatic nitrogens is 1. The van der Waals surface area contributed by atoms with Gasteiger partial charge in [0, 0.05) is 17.6 Å². The molecular weight excluding hydrogens is 286 g/mol. The minimum Gasteiger partial charge on any atom is -0.462 e. The molecule has 0 unspecified atom stereocenters. The third kappa shape index (κ3) is 1.73. The summed E-state index contributed by atoms with van der Waals surface area (Å²) in [7, 11) is 0. The smallest absolute Gasteiger partial charge is 0.340 e. The first-order chi connectivity index (χ1) is 10.7. The molecule has 0 spiro atoms. The van der Waals surface area contributed by atoms with E-state index in [1.165, 1.54) is 0 Å². The lowest BCUT2D eigenvalue weighted by Crippen LogP contribution is -2.23. The number of rotatable bonds is 2. The van der Waals surface area contributed by atoms with Crippen molar-refractivity contribution in [3.8, 4) is 11.5 Å². The summed E-state index contributed by atoms with van der Waals surface area (Å²) in [5, 5.41) is 1.05. The van der Waals surface area contributed by atoms with E-state index in [1.807, 2.05) is 0 Å². The fraction of sp³-hybridized carbons (Fsp3) is 0.375. The first-order valence-electron chi connectivity index (χ1n) is 7.37. The number of hydrogen-bond donors (Lipinski definition) is 0. The monoisotopic (exact) mass is 301 g/mol. The molecule has 0 atom stereocenters. The van der Waals surface area contributed by atoms with Crippen molar-refractivity contribution in [2.45, 2.75) is 26.3 Å². The van der Waals surface area contributed by atoms with E-state index in [0.29, 0.717) is 47.4 Å². The Morgan fingerprint density at radius 3 is 2.73 bits per heavy atom. The summed E-state index contributed by atoms with van der Waals surface area (Å²) < 4.78 is 17.6. The Hall–Kier alpha value is -2.50. The lowest BCUT2D eigenvalue weighted by Gasteiger charge is -2.13. The van der Waals surface area contributed by atoms with Crippen LogP contribution in [-0.2, 0) is 17.7 Å². The van der Waals surface area contributed by atoms with Gasteiger partial charge in [0.15, 0.2) is 11.5 Å². The van der Waals surface area contributed by atoms with Crippen LogP contribution in [0.5, 0.6) is 11.5 Å². The van der Waals surface area contributed by atoms with Gasteiger partial charge in [-0.1, -0.05) is 0 Å². The molecule has 0 aliphatic carbocycles. The van der Waals surface area contributed by atoms with Crippen molar-refractivity contribution in [1.82, 2.24) is 4.57 Å². The molecule has 0 radical (unpaired) electrons. The number of carbonyl (C=O) groups is 1. The Morgan fingerprint density at radius 2 is 2.00 bits per heavy atom. The first-order valence-corrected chi connectivity index (χ1v) is 7.37. The van der Waals surface area contributed by atoms with Crippen LogP contribution >= 0.6 is 0 Å². The second-order valence-corrected chi connectivity index (χ2v) is 5.35. The van der Waals surface area contributed by atoms with Crippen molar-refractivity contribution in [2.75, 3.05) is 13.4 Å². The Balaban J connectivity index is 2.09. The van der Waals surface area contributed by atoms with Crippen molar-refractivity contribution < 1.29 is 19.0 Å². The highest BCUT2D eigenvalue weighted by atomic mass is 16.7. The number of benzene rings is 1. The number of esters is 1. The van der Waals surface area contributed by atoms with Crippen molar-refractivity contribution in [3.05, 3.63) is 33.7 Å². The quantitative estimate of drug-likeness (QED) is 0.792. The Morgan fingerprint density at radius 1 is 1.27 bits per heavy atom. The van der Waals surface area contributed by atoms with Gasteiger partial charge in [-0.25, -0.2) is 4.79 Å². The minimum atomic E-state index is -0.392. The molecule has 114 valence electrons. The average molecular weight is 301 g/mol. The van der Waals surface area contributed by atoms with Crippen LogP contribution in [0.15, 0.2) is 16.9 Å². The van der Waals surface area contributed by atoms with Crippen LogP contribution in [-0.4, -0.2) is 23.9 Å². The molecule has 0 saturated heterocycles. The molecule has 6 nitrogen and oxygen atoms in total. The molecule has 2 aliphatic heterocycles. The SMILES string of the molecule is CCOC(=O)c1c2n(c(=O)c3cc4c(cc13)OCO4)CCC2. The maximum atomic E-state index is 12.7. The third-order valence-corrected chi connectivity index (χ3v) is 4.15. The summed E-state index contributed by atoms with van der Waals surface area (Å²) >= 11 is 0. The van der Waals surface area contributed by atoms with Gasteiger partial charge in [0.1, 0.15) is 0 Å². The summed E-state index contributed by atoms with van der Waals surface area (Å²) in [5.41, 5.74) is 1.15. The molecule has 2 aliphatic rings. The number of hydrogen-bond acceptors (Lipinski definition) is 5. The zero-order valence-electron chi connectivity index (χ0n) is 12.2. The van der Waals surface area contributed by atoms with Gasteiger partial charge in [0.2, 0.25) is 6.79 Å². The van der Waals surface area contributed by atoms with Gasteiger partial charge in [0.25, 0.3) is 5.56 Å². The molecule has 0 N–H and O–H groups in total. The van der Waals surface area contributed by atoms with E-state index in [2.05, 4.69) is 0 Å². The summed E-state index contributed by atoms with van der Waals surface area (Å²) in [5.74, 6) is 0.704. The maximum Gasteiger partial charge on any atom is 0.340 e. The van der Waals surface area contributed by atoms with E-state index in [0.717, 1.165) is 12.1 Å². The number of ether oxygens (including phenoxy) is 3. The van der Waals surface area contributed by atoms with E-state index in [9.17, 15) is 9.59 Å². The van der Waals surface area contributed by atoms with Gasteiger partial charge in [-0.2, -0.15) is 0 Å². The van der Waals surface area contributed by atoms with Crippen LogP contribution in [0.25, 0.3) is 10.8 Å². The van der Waals surface area contributed by atoms with Gasteiger partial charge in [-0.3, -0.25) is 4.79 Å². The average Bonchev–Trinajstić information content (AvgIpc) is 3.14. The van der Waals surface area contributed by atoms with Crippen molar-refractivity contribution in [2.24, 2.45) is 0 Å². The molecule has 0 fully saturated rings. The third-order valence-electron chi connectivity index (χ3n) is 4.15. The molecule has 0 saturated carbocycles. The van der Waals surface area contributed by atoms with Crippen LogP contribution < -0.4 is 15.0 Å². The highest BCUT2D eigenvalue weighted by Crippen LogP contribution is 2.37. The number of carbonyl (C=O) groups excluding carboxylic acids is 1. The van der Waals surface area contributed by atoms with E-state index >= 15 is 0 Å². The normalized spacial score (nSPS) is 15.1. The van der Waals surface area contributed by atoms with Gasteiger partial charge >= 0.3 is 5.97 Å². The van der Waals surface area contributed by atoms with Gasteiger partial charge in [0.05, 0.1) is 17.6 Å². The zero-order chi connectivity index (χ0) is 15.3. The van der Waals surface area contributed by atoms with Crippen LogP contribution in [0.2, 0.25) is 0 Å². The Bertz CT molecular complexity index is 852. The second-order valence-electron chi connectivity index (χ2n) is 5.35. The lowest BCUT2D eigenvalue weighted by molar-refractivity contribution is 0.0526. The van der Waals surface area contributed by atoms with Gasteiger partial charge in [-0.15, -0.1) is 0 Å². The predicted molar refractivity (Wildman–Crippen MR) is 78.6 cm³/mol. The fourth-order valence-corrected chi connectivity index (χ4v) is 3.22. The highest BCUT2D eigenvalue weighted by Gasteiger charge is 2.27. The van der Waals surface area contributed by atoms with Crippen molar-refractivity contribution in [3.63, 3.8) is 0 Å². The fourth-order valence-electron chi connectivity index (χ4n) is 3.22. The number of fused-ring (bicyclic) bond motifs is 3. The van der Waals surface area contributed by atoms with Crippen LogP contribution in [0.4, 0.5) is 0 Å². The zero-order valence-corrected chi connectivity index (χ0v) is 12.2. The standard InChI is InChI=1S/C16H15NO5/c1-2-20-16(19)14-9-6-12-13(22-8-21-12)7-10(9)15(18)17-5-3-4-11(14)17/h6-7H,2-5,8H2,1H3. The van der Waals surface area contributed by atoms with E-state index < -0.39 is 5.97 Å². The van der Waals surface area contributed by atoms with E-state index in [-0.39, 0.29) is 12.4 Å². The second kappa shape index (κ2) is 4.76. The largest absolute Gasteiger partial charge is 0.462 e. The number of pyridine rings is 1. The summed E-state index contributed by atoms with van der Waals surface area (Å²) in [4.78, 5) is 25.1. The van der Waals surface area contributed by atoms with E-state index in [4.69, 9.17) is 14.2 Å². The first kappa shape index (κ1) is 13.2. The summed E-state index contributed by atoms with van der Waals surface area (Å²) in [6, 6.07) is 3.37. The van der Waals surface area contributed by atoms with Crippen molar-refractivity contribution >= 4 is 16.7 Å². The van der Waals surface area contributed by atoms with Crippen molar-refractivity contribution in [1.29, 1.82) is 0 Å². The van der Waals surface area contributed by atoms with Gasteiger partial charge < -0.3 is 18.8 Å². The van der Waals surface area contributed by atoms with Gasteiger partial charge in [-0.05, 0) is 31.9 Å². The van der Waals surface area contributed by atoms with E-state index in [1.54, 1.807) is 23.6 Å². The molecule has 2 aromatic rings. The molecular formula is C16H15NO5. The molecule has 22 heavy (non-hydrogen) atoms. The molecule has 0 bridgehead atoms. The summed E-state index contributed by atoms with van der Waals surface area (Å²) in [6.45, 7) is 2.82. The predicted octanol–water partition coefficient (Wildman–Crippen LogP) is 1.85.